The van der Waals surface area contributed by atoms with Crippen molar-refractivity contribution in [3.05, 3.63) is 53.6 Å². The largest absolute Gasteiger partial charge is 0.454 e. The fourth-order valence-corrected chi connectivity index (χ4v) is 3.89. The van der Waals surface area contributed by atoms with E-state index in [1.54, 1.807) is 43.3 Å². The predicted molar refractivity (Wildman–Crippen MR) is 119 cm³/mol. The maximum atomic E-state index is 13.1. The van der Waals surface area contributed by atoms with E-state index in [0.717, 1.165) is 16.9 Å². The van der Waals surface area contributed by atoms with Gasteiger partial charge in [0.1, 0.15) is 5.54 Å². The first-order valence-corrected chi connectivity index (χ1v) is 10.7. The van der Waals surface area contributed by atoms with Crippen LogP contribution in [-0.4, -0.2) is 47.4 Å². The molecule has 9 nitrogen and oxygen atoms in total. The Bertz CT molecular complexity index is 1110. The number of hydrogen-bond acceptors (Lipinski definition) is 6. The number of hydrogen-bond donors (Lipinski definition) is 2. The first kappa shape index (κ1) is 22.3. The molecule has 1 atom stereocenters. The topological polar surface area (TPSA) is 114 Å². The third kappa shape index (κ3) is 4.67. The number of benzene rings is 2. The molecule has 0 aromatic heterocycles. The van der Waals surface area contributed by atoms with Crippen LogP contribution in [0.2, 0.25) is 0 Å². The molecule has 2 heterocycles. The van der Waals surface area contributed by atoms with Gasteiger partial charge in [-0.3, -0.25) is 19.3 Å². The molecule has 2 aliphatic heterocycles. The molecule has 0 radical (unpaired) electrons. The highest BCUT2D eigenvalue weighted by Gasteiger charge is 2.48. The number of amides is 4. The second kappa shape index (κ2) is 8.93. The molecule has 4 rings (SSSR count). The highest BCUT2D eigenvalue weighted by atomic mass is 16.7. The minimum Gasteiger partial charge on any atom is -0.454 e. The van der Waals surface area contributed by atoms with Crippen LogP contribution in [0.25, 0.3) is 0 Å². The van der Waals surface area contributed by atoms with Crippen molar-refractivity contribution in [1.29, 1.82) is 0 Å². The summed E-state index contributed by atoms with van der Waals surface area (Å²) in [6.07, 6.45) is 1.39. The first-order chi connectivity index (χ1) is 15.8. The van der Waals surface area contributed by atoms with E-state index in [1.807, 2.05) is 13.0 Å². The number of carbonyl (C=O) groups excluding carboxylic acids is 4. The lowest BCUT2D eigenvalue weighted by Crippen LogP contribution is -2.46. The first-order valence-electron chi connectivity index (χ1n) is 10.7. The lowest BCUT2D eigenvalue weighted by atomic mass is 9.92. The summed E-state index contributed by atoms with van der Waals surface area (Å²) in [6, 6.07) is 11.1. The number of ketones is 1. The van der Waals surface area contributed by atoms with E-state index in [1.165, 1.54) is 0 Å². The van der Waals surface area contributed by atoms with Gasteiger partial charge in [0.2, 0.25) is 12.7 Å². The summed E-state index contributed by atoms with van der Waals surface area (Å²) in [5.41, 5.74) is 0.535. The zero-order valence-corrected chi connectivity index (χ0v) is 18.5. The van der Waals surface area contributed by atoms with Crippen LogP contribution in [0.3, 0.4) is 0 Å². The minimum atomic E-state index is -1.18. The number of carbonyl (C=O) groups is 4. The van der Waals surface area contributed by atoms with Crippen molar-refractivity contribution in [3.8, 4) is 11.5 Å². The van der Waals surface area contributed by atoms with Gasteiger partial charge in [-0.2, -0.15) is 0 Å². The van der Waals surface area contributed by atoms with Crippen molar-refractivity contribution < 1.29 is 28.7 Å². The predicted octanol–water partition coefficient (Wildman–Crippen LogP) is 2.89. The highest BCUT2D eigenvalue weighted by Crippen LogP contribution is 2.34. The lowest BCUT2D eigenvalue weighted by molar-refractivity contribution is -0.130. The van der Waals surface area contributed by atoms with Gasteiger partial charge in [-0.25, -0.2) is 4.79 Å². The van der Waals surface area contributed by atoms with Crippen LogP contribution in [0.4, 0.5) is 10.5 Å². The molecule has 4 amide bonds. The Labute approximate surface area is 191 Å². The number of nitrogens with one attached hydrogen (secondary N) is 2. The Morgan fingerprint density at radius 2 is 1.82 bits per heavy atom. The van der Waals surface area contributed by atoms with Gasteiger partial charge in [0.25, 0.3) is 5.91 Å². The Balaban J connectivity index is 1.41. The number of ether oxygens (including phenoxy) is 2. The van der Waals surface area contributed by atoms with Crippen LogP contribution in [0.5, 0.6) is 11.5 Å². The van der Waals surface area contributed by atoms with Gasteiger partial charge in [0, 0.05) is 24.1 Å². The maximum Gasteiger partial charge on any atom is 0.325 e. The number of imide groups is 1. The quantitative estimate of drug-likeness (QED) is 0.471. The normalized spacial score (nSPS) is 18.9. The summed E-state index contributed by atoms with van der Waals surface area (Å²) in [4.78, 5) is 51.0. The highest BCUT2D eigenvalue weighted by molar-refractivity contribution is 6.11. The van der Waals surface area contributed by atoms with Crippen molar-refractivity contribution in [2.24, 2.45) is 0 Å². The molecule has 0 aliphatic carbocycles. The van der Waals surface area contributed by atoms with E-state index < -0.39 is 17.5 Å². The Morgan fingerprint density at radius 3 is 2.55 bits per heavy atom. The maximum absolute atomic E-state index is 13.1. The summed E-state index contributed by atoms with van der Waals surface area (Å²) < 4.78 is 10.7. The monoisotopic (exact) mass is 451 g/mol. The number of anilines is 1. The average Bonchev–Trinajstić information content (AvgIpc) is 3.32. The molecular weight excluding hydrogens is 426 g/mol. The summed E-state index contributed by atoms with van der Waals surface area (Å²) >= 11 is 0. The lowest BCUT2D eigenvalue weighted by Gasteiger charge is -2.21. The molecule has 0 spiro atoms. The Morgan fingerprint density at radius 1 is 1.09 bits per heavy atom. The van der Waals surface area contributed by atoms with Gasteiger partial charge < -0.3 is 20.1 Å². The molecule has 0 unspecified atom stereocenters. The number of rotatable bonds is 8. The molecular formula is C24H25N3O6. The fraction of sp³-hybridized carbons (Fsp3) is 0.333. The van der Waals surface area contributed by atoms with Crippen molar-refractivity contribution in [1.82, 2.24) is 10.2 Å². The summed E-state index contributed by atoms with van der Waals surface area (Å²) in [6.45, 7) is 3.32. The zero-order valence-electron chi connectivity index (χ0n) is 18.5. The van der Waals surface area contributed by atoms with Crippen molar-refractivity contribution >= 4 is 29.3 Å². The van der Waals surface area contributed by atoms with Crippen LogP contribution >= 0.6 is 0 Å². The molecule has 2 N–H and O–H groups in total. The molecule has 1 fully saturated rings. The van der Waals surface area contributed by atoms with Crippen LogP contribution < -0.4 is 20.1 Å². The Kier molecular flexibility index (Phi) is 6.04. The van der Waals surface area contributed by atoms with E-state index in [2.05, 4.69) is 10.6 Å². The standard InChI is InChI=1S/C24H25N3O6/c1-3-4-21(29)25-17-8-6-16(7-9-17)18(28)13-27-22(30)24(2,26-23(27)31)12-15-5-10-19-20(11-15)33-14-32-19/h5-11H,3-4,12-14H2,1-2H3,(H,25,29)(H,26,31)/t24-/m1/s1. The van der Waals surface area contributed by atoms with E-state index in [4.69, 9.17) is 9.47 Å². The third-order valence-corrected chi connectivity index (χ3v) is 5.61. The van der Waals surface area contributed by atoms with E-state index in [-0.39, 0.29) is 31.4 Å². The van der Waals surface area contributed by atoms with Crippen molar-refractivity contribution in [3.63, 3.8) is 0 Å². The molecule has 0 saturated carbocycles. The fourth-order valence-electron chi connectivity index (χ4n) is 3.89. The van der Waals surface area contributed by atoms with E-state index >= 15 is 0 Å². The zero-order chi connectivity index (χ0) is 23.6. The molecule has 9 heteroatoms. The summed E-state index contributed by atoms with van der Waals surface area (Å²) in [5, 5.41) is 5.46. The number of fused-ring (bicyclic) bond motifs is 1. The van der Waals surface area contributed by atoms with Gasteiger partial charge in [-0.15, -0.1) is 0 Å². The second-order valence-corrected chi connectivity index (χ2v) is 8.32. The molecule has 2 aliphatic rings. The smallest absolute Gasteiger partial charge is 0.325 e. The van der Waals surface area contributed by atoms with Crippen molar-refractivity contribution in [2.45, 2.75) is 38.6 Å². The van der Waals surface area contributed by atoms with Crippen LogP contribution in [-0.2, 0) is 16.0 Å². The molecule has 2 aromatic carbocycles. The molecule has 1 saturated heterocycles. The number of urea groups is 1. The van der Waals surface area contributed by atoms with Crippen LogP contribution in [0.1, 0.15) is 42.6 Å². The van der Waals surface area contributed by atoms with Crippen molar-refractivity contribution in [2.75, 3.05) is 18.7 Å². The van der Waals surface area contributed by atoms with E-state index in [0.29, 0.717) is 29.2 Å². The molecule has 172 valence electrons. The molecule has 33 heavy (non-hydrogen) atoms. The molecule has 2 aromatic rings. The van der Waals surface area contributed by atoms with Crippen LogP contribution in [0.15, 0.2) is 42.5 Å². The third-order valence-electron chi connectivity index (χ3n) is 5.61. The average molecular weight is 451 g/mol. The minimum absolute atomic E-state index is 0.0994. The SMILES string of the molecule is CCCC(=O)Nc1ccc(C(=O)CN2C(=O)N[C@](C)(Cc3ccc4c(c3)OCO4)C2=O)cc1. The van der Waals surface area contributed by atoms with Gasteiger partial charge in [0.15, 0.2) is 17.3 Å². The van der Waals surface area contributed by atoms with Gasteiger partial charge in [-0.05, 0) is 55.3 Å². The number of Topliss-reactive ketones (excluding diaryl/α,β-unsaturated/α-hetero) is 1. The summed E-state index contributed by atoms with van der Waals surface area (Å²) in [5.74, 6) is 0.278. The van der Waals surface area contributed by atoms with Gasteiger partial charge in [0.05, 0.1) is 6.54 Å². The van der Waals surface area contributed by atoms with E-state index in [9.17, 15) is 19.2 Å². The molecule has 0 bridgehead atoms. The van der Waals surface area contributed by atoms with Gasteiger partial charge >= 0.3 is 6.03 Å². The number of nitrogens with zero attached hydrogens (tertiary/aromatic N) is 1. The van der Waals surface area contributed by atoms with Crippen LogP contribution in [0, 0.1) is 0 Å². The van der Waals surface area contributed by atoms with Gasteiger partial charge in [-0.1, -0.05) is 13.0 Å². The Hall–Kier alpha value is -3.88. The second-order valence-electron chi connectivity index (χ2n) is 8.32. The summed E-state index contributed by atoms with van der Waals surface area (Å²) in [7, 11) is 0.